The maximum Gasteiger partial charge on any atom is 0.233 e. The number of hydrogen-bond acceptors (Lipinski definition) is 6. The number of nitrogens with zero attached hydrogens (tertiary/aromatic N) is 1. The van der Waals surface area contributed by atoms with Crippen LogP contribution in [0.2, 0.25) is 0 Å². The van der Waals surface area contributed by atoms with Crippen LogP contribution in [-0.4, -0.2) is 28.1 Å². The van der Waals surface area contributed by atoms with Crippen molar-refractivity contribution >= 4 is 46.9 Å². The average Bonchev–Trinajstić information content (AvgIpc) is 3.20. The van der Waals surface area contributed by atoms with Gasteiger partial charge in [0.05, 0.1) is 20.4 Å². The van der Waals surface area contributed by atoms with Crippen LogP contribution in [0.25, 0.3) is 21.7 Å². The minimum atomic E-state index is -3.98. The molecule has 0 N–H and O–H groups in total. The Kier molecular flexibility index (Phi) is 6.06. The lowest BCUT2D eigenvalue weighted by Gasteiger charge is -2.08. The summed E-state index contributed by atoms with van der Waals surface area (Å²) in [6.45, 7) is 0. The summed E-state index contributed by atoms with van der Waals surface area (Å²) >= 11 is 4.15. The van der Waals surface area contributed by atoms with Gasteiger partial charge in [0.1, 0.15) is 5.82 Å². The van der Waals surface area contributed by atoms with Crippen LogP contribution in [0.5, 0.6) is 0 Å². The van der Waals surface area contributed by atoms with Gasteiger partial charge in [-0.05, 0) is 48.5 Å². The molecule has 4 aromatic rings. The van der Waals surface area contributed by atoms with E-state index in [1.54, 1.807) is 30.3 Å². The molecule has 0 amide bonds. The van der Waals surface area contributed by atoms with E-state index >= 15 is 0 Å². The smallest absolute Gasteiger partial charge is 0.224 e. The third-order valence-corrected chi connectivity index (χ3v) is 9.46. The summed E-state index contributed by atoms with van der Waals surface area (Å²) < 4.78 is 65.3. The van der Waals surface area contributed by atoms with Crippen molar-refractivity contribution in [2.24, 2.45) is 0 Å². The van der Waals surface area contributed by atoms with E-state index in [0.29, 0.717) is 20.5 Å². The Morgan fingerprint density at radius 1 is 0.906 bits per heavy atom. The van der Waals surface area contributed by atoms with Gasteiger partial charge in [-0.1, -0.05) is 40.2 Å². The average molecular weight is 552 g/mol. The predicted molar refractivity (Wildman–Crippen MR) is 126 cm³/mol. The van der Waals surface area contributed by atoms with E-state index in [4.69, 9.17) is 0 Å². The van der Waals surface area contributed by atoms with Crippen molar-refractivity contribution in [3.05, 3.63) is 83.1 Å². The molecule has 0 fully saturated rings. The van der Waals surface area contributed by atoms with Crippen LogP contribution in [-0.2, 0) is 19.7 Å². The summed E-state index contributed by atoms with van der Waals surface area (Å²) in [7, 11) is -7.59. The molecule has 0 spiro atoms. The van der Waals surface area contributed by atoms with Crippen LogP contribution < -0.4 is 0 Å². The molecule has 1 heterocycles. The van der Waals surface area contributed by atoms with Crippen molar-refractivity contribution in [2.45, 2.75) is 14.1 Å². The Balaban J connectivity index is 2.01. The Bertz CT molecular complexity index is 1530. The van der Waals surface area contributed by atoms with Crippen molar-refractivity contribution in [2.75, 3.05) is 6.26 Å². The first-order valence-electron chi connectivity index (χ1n) is 9.14. The van der Waals surface area contributed by atoms with Crippen LogP contribution >= 0.6 is 27.3 Å². The van der Waals surface area contributed by atoms with Crippen molar-refractivity contribution in [1.82, 2.24) is 4.98 Å². The van der Waals surface area contributed by atoms with E-state index in [2.05, 4.69) is 20.9 Å². The number of hydrogen-bond donors (Lipinski definition) is 0. The van der Waals surface area contributed by atoms with E-state index in [1.807, 2.05) is 0 Å². The maximum atomic E-state index is 13.5. The zero-order valence-corrected chi connectivity index (χ0v) is 20.5. The van der Waals surface area contributed by atoms with Crippen LogP contribution in [0.4, 0.5) is 4.39 Å². The minimum Gasteiger partial charge on any atom is -0.224 e. The summed E-state index contributed by atoms with van der Waals surface area (Å²) in [6.07, 6.45) is 1.09. The van der Waals surface area contributed by atoms with Crippen molar-refractivity contribution in [1.29, 1.82) is 0 Å². The van der Waals surface area contributed by atoms with Gasteiger partial charge in [-0.25, -0.2) is 26.2 Å². The molecular formula is C22H15BrFNO4S3. The van der Waals surface area contributed by atoms with Crippen LogP contribution in [0.3, 0.4) is 0 Å². The second-order valence-electron chi connectivity index (χ2n) is 6.89. The zero-order valence-electron chi connectivity index (χ0n) is 16.5. The van der Waals surface area contributed by atoms with Crippen LogP contribution in [0.15, 0.2) is 91.4 Å². The molecule has 164 valence electrons. The molecule has 0 radical (unpaired) electrons. The van der Waals surface area contributed by atoms with E-state index in [9.17, 15) is 21.2 Å². The van der Waals surface area contributed by atoms with Crippen molar-refractivity contribution in [3.8, 4) is 21.7 Å². The molecule has 32 heavy (non-hydrogen) atoms. The van der Waals surface area contributed by atoms with E-state index in [1.165, 1.54) is 42.5 Å². The summed E-state index contributed by atoms with van der Waals surface area (Å²) in [4.78, 5) is 4.86. The van der Waals surface area contributed by atoms with Gasteiger partial charge in [0.25, 0.3) is 0 Å². The molecule has 10 heteroatoms. The zero-order chi connectivity index (χ0) is 23.1. The molecule has 1 aromatic heterocycles. The fourth-order valence-corrected chi connectivity index (χ4v) is 7.41. The second kappa shape index (κ2) is 8.51. The van der Waals surface area contributed by atoms with E-state index in [0.717, 1.165) is 17.6 Å². The number of thiazole rings is 1. The summed E-state index contributed by atoms with van der Waals surface area (Å²) in [5.74, 6) is -0.455. The fraction of sp³-hybridized carbons (Fsp3) is 0.0455. The first-order chi connectivity index (χ1) is 15.1. The van der Waals surface area contributed by atoms with Gasteiger partial charge in [0, 0.05) is 21.9 Å². The van der Waals surface area contributed by atoms with Crippen molar-refractivity contribution < 1.29 is 21.2 Å². The molecule has 0 saturated carbocycles. The molecule has 3 aromatic carbocycles. The highest BCUT2D eigenvalue weighted by Crippen LogP contribution is 2.42. The van der Waals surface area contributed by atoms with Crippen molar-refractivity contribution in [3.63, 3.8) is 0 Å². The topological polar surface area (TPSA) is 81.2 Å². The molecule has 0 atom stereocenters. The highest BCUT2D eigenvalue weighted by Gasteiger charge is 2.28. The van der Waals surface area contributed by atoms with Gasteiger partial charge in [0.15, 0.2) is 9.84 Å². The lowest BCUT2D eigenvalue weighted by Crippen LogP contribution is -2.01. The normalized spacial score (nSPS) is 12.1. The molecule has 0 aliphatic carbocycles. The quantitative estimate of drug-likeness (QED) is 0.321. The van der Waals surface area contributed by atoms with Gasteiger partial charge in [-0.15, -0.1) is 11.3 Å². The number of sulfone groups is 2. The Hall–Kier alpha value is -2.40. The predicted octanol–water partition coefficient (Wildman–Crippen LogP) is 5.62. The Morgan fingerprint density at radius 2 is 1.59 bits per heavy atom. The first-order valence-corrected chi connectivity index (χ1v) is 14.1. The number of rotatable bonds is 5. The van der Waals surface area contributed by atoms with Gasteiger partial charge < -0.3 is 0 Å². The van der Waals surface area contributed by atoms with Gasteiger partial charge in [0.2, 0.25) is 14.2 Å². The minimum absolute atomic E-state index is 0.0502. The van der Waals surface area contributed by atoms with E-state index < -0.39 is 25.5 Å². The molecule has 0 unspecified atom stereocenters. The van der Waals surface area contributed by atoms with Gasteiger partial charge in [-0.2, -0.15) is 0 Å². The molecule has 4 rings (SSSR count). The third kappa shape index (κ3) is 4.40. The van der Waals surface area contributed by atoms with E-state index in [-0.39, 0.29) is 19.8 Å². The highest BCUT2D eigenvalue weighted by atomic mass is 79.9. The third-order valence-electron chi connectivity index (χ3n) is 4.59. The molecule has 0 aliphatic heterocycles. The summed E-state index contributed by atoms with van der Waals surface area (Å²) in [5, 5.41) is 0. The van der Waals surface area contributed by atoms with Gasteiger partial charge in [-0.3, -0.25) is 0 Å². The highest BCUT2D eigenvalue weighted by molar-refractivity contribution is 9.10. The standard InChI is InChI=1S/C22H15BrFNO4S3/c1-31(26,27)19-8-3-2-7-18(19)21-20(14-9-11-16(24)12-10-14)25-22(30-21)32(28,29)17-6-4-5-15(23)13-17/h2-13H,1H3. The molecule has 0 saturated heterocycles. The monoisotopic (exact) mass is 551 g/mol. The Labute approximate surface area is 197 Å². The summed E-state index contributed by atoms with van der Waals surface area (Å²) in [5.41, 5.74) is 1.07. The first kappa shape index (κ1) is 22.8. The molecule has 0 bridgehead atoms. The summed E-state index contributed by atoms with van der Waals surface area (Å²) in [6, 6.07) is 18.0. The maximum absolute atomic E-state index is 13.5. The second-order valence-corrected chi connectivity index (χ2v) is 12.9. The Morgan fingerprint density at radius 3 is 2.25 bits per heavy atom. The van der Waals surface area contributed by atoms with Crippen LogP contribution in [0, 0.1) is 5.82 Å². The lowest BCUT2D eigenvalue weighted by molar-refractivity contribution is 0.595. The molecule has 0 aliphatic rings. The lowest BCUT2D eigenvalue weighted by atomic mass is 10.1. The fourth-order valence-electron chi connectivity index (χ4n) is 3.11. The SMILES string of the molecule is CS(=O)(=O)c1ccccc1-c1sc(S(=O)(=O)c2cccc(Br)c2)nc1-c1ccc(F)cc1. The van der Waals surface area contributed by atoms with Crippen LogP contribution in [0.1, 0.15) is 0 Å². The molecule has 5 nitrogen and oxygen atoms in total. The molecular weight excluding hydrogens is 537 g/mol. The van der Waals surface area contributed by atoms with Gasteiger partial charge >= 0.3 is 0 Å². The number of halogens is 2. The largest absolute Gasteiger partial charge is 0.233 e. The number of benzene rings is 3. The number of aromatic nitrogens is 1.